The molecule has 1 rings (SSSR count). The molecule has 0 spiro atoms. The van der Waals surface area contributed by atoms with Gasteiger partial charge in [-0.15, -0.1) is 0 Å². The first-order valence-electron chi connectivity index (χ1n) is 5.70. The number of rotatable bonds is 6. The smallest absolute Gasteiger partial charge is 0.103 e. The van der Waals surface area contributed by atoms with Crippen LogP contribution >= 0.6 is 12.2 Å². The van der Waals surface area contributed by atoms with Crippen molar-refractivity contribution in [2.24, 2.45) is 5.73 Å². The van der Waals surface area contributed by atoms with Crippen LogP contribution in [0.3, 0.4) is 0 Å². The van der Waals surface area contributed by atoms with Crippen LogP contribution in [0.5, 0.6) is 0 Å². The van der Waals surface area contributed by atoms with Crippen molar-refractivity contribution in [3.8, 4) is 0 Å². The van der Waals surface area contributed by atoms with E-state index in [1.807, 2.05) is 12.1 Å². The van der Waals surface area contributed by atoms with E-state index < -0.39 is 0 Å². The van der Waals surface area contributed by atoms with Crippen LogP contribution in [0.1, 0.15) is 30.9 Å². The van der Waals surface area contributed by atoms with E-state index in [1.54, 1.807) is 0 Å². The fourth-order valence-corrected chi connectivity index (χ4v) is 1.73. The number of unbranched alkanes of at least 4 members (excludes halogenated alkanes) is 1. The lowest BCUT2D eigenvalue weighted by Crippen LogP contribution is -2.19. The molecule has 0 fully saturated rings. The monoisotopic (exact) mass is 236 g/mol. The Bertz CT molecular complexity index is 332. The summed E-state index contributed by atoms with van der Waals surface area (Å²) in [7, 11) is 2.15. The topological polar surface area (TPSA) is 29.3 Å². The molecule has 3 heteroatoms. The van der Waals surface area contributed by atoms with Crippen LogP contribution in [0, 0.1) is 0 Å². The van der Waals surface area contributed by atoms with E-state index in [2.05, 4.69) is 31.0 Å². The van der Waals surface area contributed by atoms with Gasteiger partial charge >= 0.3 is 0 Å². The van der Waals surface area contributed by atoms with Gasteiger partial charge in [0.1, 0.15) is 4.99 Å². The molecule has 2 nitrogen and oxygen atoms in total. The normalized spacial score (nSPS) is 10.7. The van der Waals surface area contributed by atoms with Crippen LogP contribution in [0.25, 0.3) is 0 Å². The van der Waals surface area contributed by atoms with Gasteiger partial charge in [0.05, 0.1) is 0 Å². The summed E-state index contributed by atoms with van der Waals surface area (Å²) < 4.78 is 0. The second-order valence-corrected chi connectivity index (χ2v) is 4.59. The molecule has 0 atom stereocenters. The highest BCUT2D eigenvalue weighted by Gasteiger charge is 2.00. The minimum absolute atomic E-state index is 0.464. The molecule has 0 bridgehead atoms. The van der Waals surface area contributed by atoms with E-state index in [0.717, 1.165) is 18.7 Å². The van der Waals surface area contributed by atoms with Gasteiger partial charge in [0.2, 0.25) is 0 Å². The van der Waals surface area contributed by atoms with Gasteiger partial charge in [-0.25, -0.2) is 0 Å². The Morgan fingerprint density at radius 1 is 1.31 bits per heavy atom. The number of hydrogen-bond acceptors (Lipinski definition) is 2. The third-order valence-electron chi connectivity index (χ3n) is 2.58. The van der Waals surface area contributed by atoms with E-state index in [9.17, 15) is 0 Å². The van der Waals surface area contributed by atoms with E-state index in [1.165, 1.54) is 18.4 Å². The molecule has 1 aromatic carbocycles. The third-order valence-corrected chi connectivity index (χ3v) is 2.82. The van der Waals surface area contributed by atoms with E-state index in [-0.39, 0.29) is 0 Å². The third kappa shape index (κ3) is 4.29. The Kier molecular flexibility index (Phi) is 5.43. The molecule has 0 aromatic heterocycles. The first kappa shape index (κ1) is 13.1. The summed E-state index contributed by atoms with van der Waals surface area (Å²) in [5.74, 6) is 0. The summed E-state index contributed by atoms with van der Waals surface area (Å²) in [5, 5.41) is 0. The molecule has 1 aromatic rings. The maximum Gasteiger partial charge on any atom is 0.103 e. The predicted octanol–water partition coefficient (Wildman–Crippen LogP) is 2.55. The number of thiocarbonyl (C=S) groups is 1. The SMILES string of the molecule is CCCCN(C)Cc1ccc(C(N)=S)cc1. The fourth-order valence-electron chi connectivity index (χ4n) is 1.59. The molecular formula is C13H20N2S. The quantitative estimate of drug-likeness (QED) is 0.770. The molecule has 0 saturated carbocycles. The second-order valence-electron chi connectivity index (χ2n) is 4.15. The first-order valence-corrected chi connectivity index (χ1v) is 6.11. The second kappa shape index (κ2) is 6.61. The van der Waals surface area contributed by atoms with Gasteiger partial charge in [-0.1, -0.05) is 49.8 Å². The van der Waals surface area contributed by atoms with Crippen LogP contribution in [-0.2, 0) is 6.54 Å². The van der Waals surface area contributed by atoms with Crippen LogP contribution in [0.2, 0.25) is 0 Å². The van der Waals surface area contributed by atoms with Gasteiger partial charge in [0.25, 0.3) is 0 Å². The maximum atomic E-state index is 5.55. The molecule has 0 heterocycles. The molecule has 16 heavy (non-hydrogen) atoms. The number of hydrogen-bond donors (Lipinski definition) is 1. The highest BCUT2D eigenvalue weighted by Crippen LogP contribution is 2.07. The van der Waals surface area contributed by atoms with Crippen molar-refractivity contribution < 1.29 is 0 Å². The average molecular weight is 236 g/mol. The zero-order chi connectivity index (χ0) is 12.0. The lowest BCUT2D eigenvalue weighted by molar-refractivity contribution is 0.321. The van der Waals surface area contributed by atoms with Gasteiger partial charge in [-0.2, -0.15) is 0 Å². The minimum atomic E-state index is 0.464. The van der Waals surface area contributed by atoms with Crippen molar-refractivity contribution in [1.82, 2.24) is 4.90 Å². The van der Waals surface area contributed by atoms with Crippen LogP contribution in [0.15, 0.2) is 24.3 Å². The average Bonchev–Trinajstić information content (AvgIpc) is 2.27. The van der Waals surface area contributed by atoms with Gasteiger partial charge < -0.3 is 10.6 Å². The number of benzene rings is 1. The zero-order valence-electron chi connectivity index (χ0n) is 10.1. The Morgan fingerprint density at radius 3 is 2.44 bits per heavy atom. The molecular weight excluding hydrogens is 216 g/mol. The highest BCUT2D eigenvalue weighted by molar-refractivity contribution is 7.80. The fraction of sp³-hybridized carbons (Fsp3) is 0.462. The predicted molar refractivity (Wildman–Crippen MR) is 73.6 cm³/mol. The van der Waals surface area contributed by atoms with Gasteiger partial charge in [0.15, 0.2) is 0 Å². The minimum Gasteiger partial charge on any atom is -0.389 e. The Hall–Kier alpha value is -0.930. The molecule has 0 amide bonds. The molecule has 2 N–H and O–H groups in total. The van der Waals surface area contributed by atoms with Crippen LogP contribution < -0.4 is 5.73 Å². The van der Waals surface area contributed by atoms with Gasteiger partial charge in [-0.3, -0.25) is 0 Å². The maximum absolute atomic E-state index is 5.55. The van der Waals surface area contributed by atoms with Crippen molar-refractivity contribution >= 4 is 17.2 Å². The van der Waals surface area contributed by atoms with Crippen LogP contribution in [0.4, 0.5) is 0 Å². The Labute approximate surface area is 103 Å². The number of nitrogens with zero attached hydrogens (tertiary/aromatic N) is 1. The van der Waals surface area contributed by atoms with E-state index >= 15 is 0 Å². The summed E-state index contributed by atoms with van der Waals surface area (Å²) in [6.45, 7) is 4.34. The summed E-state index contributed by atoms with van der Waals surface area (Å²) in [6.07, 6.45) is 2.49. The zero-order valence-corrected chi connectivity index (χ0v) is 10.9. The summed E-state index contributed by atoms with van der Waals surface area (Å²) in [6, 6.07) is 8.17. The first-order chi connectivity index (χ1) is 7.63. The Balaban J connectivity index is 2.51. The Morgan fingerprint density at radius 2 is 1.94 bits per heavy atom. The van der Waals surface area contributed by atoms with Gasteiger partial charge in [-0.05, 0) is 25.6 Å². The van der Waals surface area contributed by atoms with E-state index in [0.29, 0.717) is 4.99 Å². The van der Waals surface area contributed by atoms with Crippen molar-refractivity contribution in [1.29, 1.82) is 0 Å². The van der Waals surface area contributed by atoms with Crippen LogP contribution in [-0.4, -0.2) is 23.5 Å². The van der Waals surface area contributed by atoms with Crippen molar-refractivity contribution in [2.45, 2.75) is 26.3 Å². The molecule has 0 saturated heterocycles. The van der Waals surface area contributed by atoms with Crippen molar-refractivity contribution in [3.63, 3.8) is 0 Å². The summed E-state index contributed by atoms with van der Waals surface area (Å²) in [5.41, 5.74) is 7.80. The van der Waals surface area contributed by atoms with Crippen molar-refractivity contribution in [3.05, 3.63) is 35.4 Å². The summed E-state index contributed by atoms with van der Waals surface area (Å²) >= 11 is 4.92. The molecule has 0 unspecified atom stereocenters. The molecule has 0 aliphatic heterocycles. The lowest BCUT2D eigenvalue weighted by atomic mass is 10.1. The van der Waals surface area contributed by atoms with Gasteiger partial charge in [0, 0.05) is 12.1 Å². The number of nitrogens with two attached hydrogens (primary N) is 1. The molecule has 0 aliphatic carbocycles. The highest BCUT2D eigenvalue weighted by atomic mass is 32.1. The molecule has 0 radical (unpaired) electrons. The molecule has 88 valence electrons. The molecule has 0 aliphatic rings. The van der Waals surface area contributed by atoms with E-state index in [4.69, 9.17) is 18.0 Å². The summed E-state index contributed by atoms with van der Waals surface area (Å²) in [4.78, 5) is 2.80. The lowest BCUT2D eigenvalue weighted by Gasteiger charge is -2.16. The van der Waals surface area contributed by atoms with Crippen molar-refractivity contribution in [2.75, 3.05) is 13.6 Å². The largest absolute Gasteiger partial charge is 0.389 e. The standard InChI is InChI=1S/C13H20N2S/c1-3-4-9-15(2)10-11-5-7-12(8-6-11)13(14)16/h5-8H,3-4,9-10H2,1-2H3,(H2,14,16).